The standard InChI is InChI=1S/C15H17BrN2O2S/c1-18(9-13-7-8-14(16)21-13)10-15(19)17-11-3-5-12(20-2)6-4-11/h3-8H,9-10H2,1-2H3,(H,17,19). The molecule has 2 aromatic rings. The number of hydrogen-bond acceptors (Lipinski definition) is 4. The summed E-state index contributed by atoms with van der Waals surface area (Å²) in [6, 6.07) is 11.4. The van der Waals surface area contributed by atoms with Crippen LogP contribution in [0.2, 0.25) is 0 Å². The molecule has 1 aromatic carbocycles. The molecule has 0 radical (unpaired) electrons. The molecule has 0 aliphatic carbocycles. The van der Waals surface area contributed by atoms with Gasteiger partial charge in [0.15, 0.2) is 0 Å². The van der Waals surface area contributed by atoms with Crippen LogP contribution in [0.15, 0.2) is 40.2 Å². The maximum Gasteiger partial charge on any atom is 0.238 e. The van der Waals surface area contributed by atoms with Gasteiger partial charge in [-0.05, 0) is 59.4 Å². The number of thiophene rings is 1. The molecule has 0 atom stereocenters. The number of hydrogen-bond donors (Lipinski definition) is 1. The van der Waals surface area contributed by atoms with Crippen molar-refractivity contribution < 1.29 is 9.53 Å². The van der Waals surface area contributed by atoms with Crippen molar-refractivity contribution in [1.82, 2.24) is 4.90 Å². The lowest BCUT2D eigenvalue weighted by Crippen LogP contribution is -2.29. The number of carbonyl (C=O) groups is 1. The molecule has 0 saturated carbocycles. The molecular weight excluding hydrogens is 352 g/mol. The first-order valence-electron chi connectivity index (χ1n) is 6.43. The van der Waals surface area contributed by atoms with Crippen LogP contribution < -0.4 is 10.1 Å². The number of likely N-dealkylation sites (N-methyl/N-ethyl adjacent to an activating group) is 1. The third-order valence-corrected chi connectivity index (χ3v) is 4.45. The second-order valence-electron chi connectivity index (χ2n) is 4.65. The van der Waals surface area contributed by atoms with Gasteiger partial charge in [0.25, 0.3) is 0 Å². The minimum absolute atomic E-state index is 0.0294. The van der Waals surface area contributed by atoms with E-state index in [1.54, 1.807) is 18.4 Å². The van der Waals surface area contributed by atoms with E-state index in [1.807, 2.05) is 42.3 Å². The van der Waals surface area contributed by atoms with Gasteiger partial charge in [0.2, 0.25) is 5.91 Å². The second-order valence-corrected chi connectivity index (χ2v) is 7.20. The van der Waals surface area contributed by atoms with Crippen molar-refractivity contribution >= 4 is 38.9 Å². The summed E-state index contributed by atoms with van der Waals surface area (Å²) >= 11 is 5.12. The molecule has 0 aliphatic rings. The maximum atomic E-state index is 12.0. The largest absolute Gasteiger partial charge is 0.497 e. The molecule has 1 N–H and O–H groups in total. The van der Waals surface area contributed by atoms with Crippen molar-refractivity contribution in [3.8, 4) is 5.75 Å². The van der Waals surface area contributed by atoms with E-state index in [0.29, 0.717) is 6.54 Å². The van der Waals surface area contributed by atoms with E-state index in [-0.39, 0.29) is 5.91 Å². The van der Waals surface area contributed by atoms with Crippen LogP contribution in [0.3, 0.4) is 0 Å². The summed E-state index contributed by atoms with van der Waals surface area (Å²) in [4.78, 5) is 15.2. The van der Waals surface area contributed by atoms with Crippen molar-refractivity contribution in [3.05, 3.63) is 45.1 Å². The van der Waals surface area contributed by atoms with E-state index in [1.165, 1.54) is 4.88 Å². The highest BCUT2D eigenvalue weighted by Crippen LogP contribution is 2.23. The van der Waals surface area contributed by atoms with Gasteiger partial charge >= 0.3 is 0 Å². The van der Waals surface area contributed by atoms with Crippen LogP contribution in [0.4, 0.5) is 5.69 Å². The molecule has 0 spiro atoms. The Morgan fingerprint density at radius 3 is 2.57 bits per heavy atom. The normalized spacial score (nSPS) is 10.7. The highest BCUT2D eigenvalue weighted by molar-refractivity contribution is 9.11. The van der Waals surface area contributed by atoms with Crippen LogP contribution >= 0.6 is 27.3 Å². The molecule has 1 aromatic heterocycles. The zero-order chi connectivity index (χ0) is 15.2. The lowest BCUT2D eigenvalue weighted by molar-refractivity contribution is -0.117. The third-order valence-electron chi connectivity index (χ3n) is 2.84. The average Bonchev–Trinajstić information content (AvgIpc) is 2.84. The van der Waals surface area contributed by atoms with Gasteiger partial charge in [-0.1, -0.05) is 0 Å². The quantitative estimate of drug-likeness (QED) is 0.846. The van der Waals surface area contributed by atoms with Crippen LogP contribution in [0.5, 0.6) is 5.75 Å². The number of benzene rings is 1. The molecule has 1 amide bonds. The van der Waals surface area contributed by atoms with E-state index < -0.39 is 0 Å². The number of ether oxygens (including phenoxy) is 1. The number of rotatable bonds is 6. The molecule has 21 heavy (non-hydrogen) atoms. The Morgan fingerprint density at radius 1 is 1.29 bits per heavy atom. The van der Waals surface area contributed by atoms with Gasteiger partial charge in [-0.2, -0.15) is 0 Å². The van der Waals surface area contributed by atoms with Gasteiger partial charge in [0, 0.05) is 17.1 Å². The lowest BCUT2D eigenvalue weighted by Gasteiger charge is -2.15. The van der Waals surface area contributed by atoms with E-state index in [2.05, 4.69) is 27.3 Å². The first kappa shape index (κ1) is 16.0. The summed E-state index contributed by atoms with van der Waals surface area (Å²) < 4.78 is 6.19. The van der Waals surface area contributed by atoms with E-state index in [0.717, 1.165) is 21.8 Å². The van der Waals surface area contributed by atoms with E-state index in [9.17, 15) is 4.79 Å². The van der Waals surface area contributed by atoms with Crippen LogP contribution in [-0.2, 0) is 11.3 Å². The van der Waals surface area contributed by atoms with Crippen LogP contribution in [0, 0.1) is 0 Å². The number of carbonyl (C=O) groups excluding carboxylic acids is 1. The SMILES string of the molecule is COc1ccc(NC(=O)CN(C)Cc2ccc(Br)s2)cc1. The van der Waals surface area contributed by atoms with Gasteiger partial charge in [0.1, 0.15) is 5.75 Å². The Morgan fingerprint density at radius 2 is 2.00 bits per heavy atom. The fraction of sp³-hybridized carbons (Fsp3) is 0.267. The highest BCUT2D eigenvalue weighted by atomic mass is 79.9. The number of halogens is 1. The highest BCUT2D eigenvalue weighted by Gasteiger charge is 2.09. The Balaban J connectivity index is 1.82. The van der Waals surface area contributed by atoms with Crippen molar-refractivity contribution in [2.24, 2.45) is 0 Å². The molecule has 4 nitrogen and oxygen atoms in total. The summed E-state index contributed by atoms with van der Waals surface area (Å²) in [5.41, 5.74) is 0.771. The van der Waals surface area contributed by atoms with Gasteiger partial charge in [-0.15, -0.1) is 11.3 Å². The summed E-state index contributed by atoms with van der Waals surface area (Å²) in [6.45, 7) is 1.11. The molecule has 2 rings (SSSR count). The van der Waals surface area contributed by atoms with Crippen LogP contribution in [0.1, 0.15) is 4.88 Å². The smallest absolute Gasteiger partial charge is 0.238 e. The first-order chi connectivity index (χ1) is 10.1. The summed E-state index contributed by atoms with van der Waals surface area (Å²) in [7, 11) is 3.55. The third kappa shape index (κ3) is 5.15. The predicted octanol–water partition coefficient (Wildman–Crippen LogP) is 3.59. The molecule has 0 saturated heterocycles. The van der Waals surface area contributed by atoms with E-state index >= 15 is 0 Å². The van der Waals surface area contributed by atoms with Crippen molar-refractivity contribution in [2.75, 3.05) is 26.0 Å². The zero-order valence-electron chi connectivity index (χ0n) is 11.9. The minimum Gasteiger partial charge on any atom is -0.497 e. The molecule has 0 fully saturated rings. The maximum absolute atomic E-state index is 12.0. The number of methoxy groups -OCH3 is 1. The Kier molecular flexibility index (Phi) is 5.78. The lowest BCUT2D eigenvalue weighted by atomic mass is 10.3. The van der Waals surface area contributed by atoms with Gasteiger partial charge < -0.3 is 10.1 Å². The summed E-state index contributed by atoms with van der Waals surface area (Å²) in [5, 5.41) is 2.87. The predicted molar refractivity (Wildman–Crippen MR) is 90.0 cm³/mol. The molecular formula is C15H17BrN2O2S. The molecule has 1 heterocycles. The minimum atomic E-state index is -0.0294. The molecule has 6 heteroatoms. The van der Waals surface area contributed by atoms with Crippen molar-refractivity contribution in [2.45, 2.75) is 6.54 Å². The molecule has 0 bridgehead atoms. The molecule has 112 valence electrons. The Bertz CT molecular complexity index is 598. The van der Waals surface area contributed by atoms with Gasteiger partial charge in [0.05, 0.1) is 17.4 Å². The van der Waals surface area contributed by atoms with Crippen molar-refractivity contribution in [3.63, 3.8) is 0 Å². The zero-order valence-corrected chi connectivity index (χ0v) is 14.3. The topological polar surface area (TPSA) is 41.6 Å². The second kappa shape index (κ2) is 7.59. The Hall–Kier alpha value is -1.37. The number of nitrogens with zero attached hydrogens (tertiary/aromatic N) is 1. The van der Waals surface area contributed by atoms with Gasteiger partial charge in [-0.25, -0.2) is 0 Å². The number of nitrogens with one attached hydrogen (secondary N) is 1. The van der Waals surface area contributed by atoms with E-state index in [4.69, 9.17) is 4.74 Å². The number of amides is 1. The summed E-state index contributed by atoms with van der Waals surface area (Å²) in [6.07, 6.45) is 0. The molecule has 0 aliphatic heterocycles. The first-order valence-corrected chi connectivity index (χ1v) is 8.04. The Labute approximate surface area is 136 Å². The molecule has 0 unspecified atom stereocenters. The van der Waals surface area contributed by atoms with Crippen molar-refractivity contribution in [1.29, 1.82) is 0 Å². The number of anilines is 1. The average molecular weight is 369 g/mol. The van der Waals surface area contributed by atoms with Crippen LogP contribution in [0.25, 0.3) is 0 Å². The fourth-order valence-electron chi connectivity index (χ4n) is 1.88. The summed E-state index contributed by atoms with van der Waals surface area (Å²) in [5.74, 6) is 0.742. The fourth-order valence-corrected chi connectivity index (χ4v) is 3.44. The monoisotopic (exact) mass is 368 g/mol. The van der Waals surface area contributed by atoms with Gasteiger partial charge in [-0.3, -0.25) is 9.69 Å². The van der Waals surface area contributed by atoms with Crippen LogP contribution in [-0.4, -0.2) is 31.5 Å².